The molecule has 0 amide bonds. The molecule has 3 nitrogen and oxygen atoms in total. The Hall–Kier alpha value is -0.130. The van der Waals surface area contributed by atoms with Gasteiger partial charge < -0.3 is 5.32 Å². The van der Waals surface area contributed by atoms with Crippen LogP contribution in [-0.4, -0.2) is 28.5 Å². The summed E-state index contributed by atoms with van der Waals surface area (Å²) in [6.07, 6.45) is 0. The predicted octanol–water partition coefficient (Wildman–Crippen LogP) is 1.94. The van der Waals surface area contributed by atoms with E-state index < -0.39 is 0 Å². The summed E-state index contributed by atoms with van der Waals surface area (Å²) in [5.74, 6) is 1.06. The molecule has 0 radical (unpaired) electrons. The first-order valence-corrected chi connectivity index (χ1v) is 6.19. The van der Waals surface area contributed by atoms with Crippen LogP contribution in [0.3, 0.4) is 0 Å². The summed E-state index contributed by atoms with van der Waals surface area (Å²) >= 11 is 3.43. The third-order valence-electron chi connectivity index (χ3n) is 1.52. The normalized spacial score (nSPS) is 13.2. The zero-order valence-corrected chi connectivity index (χ0v) is 9.84. The maximum absolute atomic E-state index is 4.05. The Labute approximate surface area is 87.3 Å². The number of rotatable bonds is 5. The van der Waals surface area contributed by atoms with Crippen LogP contribution >= 0.6 is 23.1 Å². The maximum atomic E-state index is 4.05. The first kappa shape index (κ1) is 10.9. The summed E-state index contributed by atoms with van der Waals surface area (Å²) in [7, 11) is 0. The minimum atomic E-state index is 0.541. The van der Waals surface area contributed by atoms with Crippen molar-refractivity contribution in [1.29, 1.82) is 0 Å². The average molecular weight is 217 g/mol. The summed E-state index contributed by atoms with van der Waals surface area (Å²) < 4.78 is 1.07. The molecule has 0 aliphatic heterocycles. The Bertz CT molecular complexity index is 249. The molecule has 0 aromatic carbocycles. The molecule has 0 spiro atoms. The van der Waals surface area contributed by atoms with Gasteiger partial charge in [-0.3, -0.25) is 0 Å². The van der Waals surface area contributed by atoms with Gasteiger partial charge in [0.05, 0.1) is 0 Å². The smallest absolute Gasteiger partial charge is 0.174 e. The molecular weight excluding hydrogens is 202 g/mol. The molecule has 1 rings (SSSR count). The van der Waals surface area contributed by atoms with Gasteiger partial charge in [-0.1, -0.05) is 30.0 Å². The van der Waals surface area contributed by atoms with E-state index in [-0.39, 0.29) is 0 Å². The fourth-order valence-electron chi connectivity index (χ4n) is 0.940. The van der Waals surface area contributed by atoms with Gasteiger partial charge in [-0.15, -0.1) is 10.2 Å². The molecule has 0 saturated heterocycles. The molecule has 1 unspecified atom stereocenters. The van der Waals surface area contributed by atoms with Crippen molar-refractivity contribution in [1.82, 2.24) is 15.5 Å². The molecule has 0 fully saturated rings. The first-order valence-electron chi connectivity index (χ1n) is 4.38. The van der Waals surface area contributed by atoms with E-state index in [1.54, 1.807) is 23.1 Å². The van der Waals surface area contributed by atoms with Gasteiger partial charge in [0.2, 0.25) is 0 Å². The van der Waals surface area contributed by atoms with E-state index in [1.165, 1.54) is 0 Å². The number of hydrogen-bond acceptors (Lipinski definition) is 5. The molecule has 5 heteroatoms. The van der Waals surface area contributed by atoms with Crippen LogP contribution in [0.15, 0.2) is 4.34 Å². The average Bonchev–Trinajstić information content (AvgIpc) is 2.49. The second-order valence-electron chi connectivity index (χ2n) is 2.86. The molecule has 0 aliphatic rings. The highest BCUT2D eigenvalue weighted by atomic mass is 32.2. The predicted molar refractivity (Wildman–Crippen MR) is 58.5 cm³/mol. The van der Waals surface area contributed by atoms with E-state index >= 15 is 0 Å². The summed E-state index contributed by atoms with van der Waals surface area (Å²) in [6, 6.07) is 0.541. The van der Waals surface area contributed by atoms with Gasteiger partial charge in [0.15, 0.2) is 4.34 Å². The molecule has 0 saturated carbocycles. The molecule has 1 heterocycles. The monoisotopic (exact) mass is 217 g/mol. The van der Waals surface area contributed by atoms with Crippen molar-refractivity contribution in [2.24, 2.45) is 0 Å². The molecule has 1 aromatic heterocycles. The van der Waals surface area contributed by atoms with Gasteiger partial charge in [0, 0.05) is 11.8 Å². The Kier molecular flexibility index (Phi) is 4.69. The summed E-state index contributed by atoms with van der Waals surface area (Å²) in [6.45, 7) is 7.31. The van der Waals surface area contributed by atoms with Crippen LogP contribution in [0.25, 0.3) is 0 Å². The van der Waals surface area contributed by atoms with E-state index in [0.717, 1.165) is 21.6 Å². The maximum Gasteiger partial charge on any atom is 0.174 e. The molecule has 1 N–H and O–H groups in total. The van der Waals surface area contributed by atoms with Crippen LogP contribution in [0.1, 0.15) is 18.9 Å². The van der Waals surface area contributed by atoms with Crippen molar-refractivity contribution in [2.45, 2.75) is 31.2 Å². The van der Waals surface area contributed by atoms with Gasteiger partial charge in [-0.05, 0) is 20.4 Å². The van der Waals surface area contributed by atoms with Gasteiger partial charge >= 0.3 is 0 Å². The number of nitrogens with zero attached hydrogens (tertiary/aromatic N) is 2. The van der Waals surface area contributed by atoms with Crippen molar-refractivity contribution in [3.05, 3.63) is 5.01 Å². The van der Waals surface area contributed by atoms with Crippen LogP contribution in [-0.2, 0) is 0 Å². The fourth-order valence-corrected chi connectivity index (χ4v) is 2.77. The lowest BCUT2D eigenvalue weighted by Crippen LogP contribution is -2.27. The second kappa shape index (κ2) is 5.57. The van der Waals surface area contributed by atoms with Gasteiger partial charge in [0.1, 0.15) is 5.01 Å². The lowest BCUT2D eigenvalue weighted by atomic mass is 10.4. The Morgan fingerprint density at radius 2 is 2.31 bits per heavy atom. The SMILES string of the molecule is CCNC(C)CSc1nnc(C)s1. The topological polar surface area (TPSA) is 37.8 Å². The fraction of sp³-hybridized carbons (Fsp3) is 0.750. The number of aromatic nitrogens is 2. The van der Waals surface area contributed by atoms with Gasteiger partial charge in [-0.2, -0.15) is 0 Å². The minimum Gasteiger partial charge on any atom is -0.314 e. The summed E-state index contributed by atoms with van der Waals surface area (Å²) in [5, 5.41) is 12.4. The third-order valence-corrected chi connectivity index (χ3v) is 3.75. The van der Waals surface area contributed by atoms with Crippen molar-refractivity contribution >= 4 is 23.1 Å². The molecular formula is C8H15N3S2. The molecule has 0 bridgehead atoms. The highest BCUT2D eigenvalue weighted by molar-refractivity contribution is 8.01. The minimum absolute atomic E-state index is 0.541. The van der Waals surface area contributed by atoms with Crippen LogP contribution in [0.4, 0.5) is 0 Å². The zero-order valence-electron chi connectivity index (χ0n) is 8.20. The molecule has 1 atom stereocenters. The number of aryl methyl sites for hydroxylation is 1. The van der Waals surface area contributed by atoms with Crippen molar-refractivity contribution < 1.29 is 0 Å². The Balaban J connectivity index is 2.26. The quantitative estimate of drug-likeness (QED) is 0.765. The van der Waals surface area contributed by atoms with Crippen LogP contribution in [0, 0.1) is 6.92 Å². The summed E-state index contributed by atoms with van der Waals surface area (Å²) in [5.41, 5.74) is 0. The van der Waals surface area contributed by atoms with E-state index in [0.29, 0.717) is 6.04 Å². The van der Waals surface area contributed by atoms with Crippen molar-refractivity contribution in [3.8, 4) is 0 Å². The number of nitrogens with one attached hydrogen (secondary N) is 1. The van der Waals surface area contributed by atoms with Crippen LogP contribution < -0.4 is 5.32 Å². The van der Waals surface area contributed by atoms with E-state index in [9.17, 15) is 0 Å². The van der Waals surface area contributed by atoms with Crippen molar-refractivity contribution in [2.75, 3.05) is 12.3 Å². The molecule has 13 heavy (non-hydrogen) atoms. The lowest BCUT2D eigenvalue weighted by molar-refractivity contribution is 0.620. The number of hydrogen-bond donors (Lipinski definition) is 1. The van der Waals surface area contributed by atoms with Gasteiger partial charge in [0.25, 0.3) is 0 Å². The highest BCUT2D eigenvalue weighted by Gasteiger charge is 2.04. The van der Waals surface area contributed by atoms with E-state index in [2.05, 4.69) is 29.4 Å². The first-order chi connectivity index (χ1) is 6.22. The summed E-state index contributed by atoms with van der Waals surface area (Å²) in [4.78, 5) is 0. The van der Waals surface area contributed by atoms with Crippen molar-refractivity contribution in [3.63, 3.8) is 0 Å². The molecule has 74 valence electrons. The molecule has 0 aliphatic carbocycles. The van der Waals surface area contributed by atoms with Crippen LogP contribution in [0.2, 0.25) is 0 Å². The zero-order chi connectivity index (χ0) is 9.68. The third kappa shape index (κ3) is 4.06. The largest absolute Gasteiger partial charge is 0.314 e. The highest BCUT2D eigenvalue weighted by Crippen LogP contribution is 2.22. The van der Waals surface area contributed by atoms with Gasteiger partial charge in [-0.25, -0.2) is 0 Å². The Morgan fingerprint density at radius 3 is 2.85 bits per heavy atom. The standard InChI is InChI=1S/C8H15N3S2/c1-4-9-6(2)5-12-8-11-10-7(3)13-8/h6,9H,4-5H2,1-3H3. The van der Waals surface area contributed by atoms with E-state index in [1.807, 2.05) is 6.92 Å². The molecule has 1 aromatic rings. The van der Waals surface area contributed by atoms with E-state index in [4.69, 9.17) is 0 Å². The number of thioether (sulfide) groups is 1. The second-order valence-corrected chi connectivity index (χ2v) is 5.31. The van der Waals surface area contributed by atoms with Crippen LogP contribution in [0.5, 0.6) is 0 Å². The lowest BCUT2D eigenvalue weighted by Gasteiger charge is -2.09. The Morgan fingerprint density at radius 1 is 1.54 bits per heavy atom.